The normalized spacial score (nSPS) is 20.3. The first-order chi connectivity index (χ1) is 44.1. The molecule has 0 saturated carbocycles. The number of benzene rings is 3. The Morgan fingerprint density at radius 2 is 0.785 bits per heavy atom. The molecule has 1 amide bonds. The molecule has 0 spiro atoms. The van der Waals surface area contributed by atoms with E-state index in [0.717, 1.165) is 91.1 Å². The van der Waals surface area contributed by atoms with Crippen LogP contribution >= 0.6 is 34.0 Å². The van der Waals surface area contributed by atoms with E-state index in [0.29, 0.717) is 38.4 Å². The molecule has 6 aliphatic rings. The maximum Gasteiger partial charge on any atom is 0.306 e. The first-order valence-electron chi connectivity index (χ1n) is 34.4. The van der Waals surface area contributed by atoms with E-state index in [-0.39, 0.29) is 70.1 Å². The number of aliphatic hydroxyl groups excluding tert-OH is 3. The van der Waals surface area contributed by atoms with E-state index < -0.39 is 5.97 Å². The average molecular weight is 1330 g/mol. The lowest BCUT2D eigenvalue weighted by Crippen LogP contribution is -2.41. The Morgan fingerprint density at radius 1 is 0.473 bits per heavy atom. The first-order valence-corrected chi connectivity index (χ1v) is 37.1. The molecule has 8 N–H and O–H groups in total. The summed E-state index contributed by atoms with van der Waals surface area (Å²) in [6.45, 7) is 36.5. The van der Waals surface area contributed by atoms with Crippen molar-refractivity contribution in [3.63, 3.8) is 0 Å². The molecule has 0 atom stereocenters. The van der Waals surface area contributed by atoms with E-state index in [9.17, 15) is 14.7 Å². The van der Waals surface area contributed by atoms with Crippen molar-refractivity contribution in [3.8, 4) is 33.8 Å². The topological polar surface area (TPSA) is 214 Å². The van der Waals surface area contributed by atoms with Crippen molar-refractivity contribution in [2.75, 3.05) is 100.0 Å². The number of aliphatic carboxylic acids is 1. The number of carbonyl (C=O) groups excluding carboxylic acids is 1. The Hall–Kier alpha value is -5.31. The summed E-state index contributed by atoms with van der Waals surface area (Å²) in [6, 6.07) is 20.8. The number of amides is 1. The zero-order valence-corrected chi connectivity index (χ0v) is 60.4. The van der Waals surface area contributed by atoms with Gasteiger partial charge >= 0.3 is 5.97 Å². The largest absolute Gasteiger partial charge is 0.481 e. The van der Waals surface area contributed by atoms with Gasteiger partial charge in [0.25, 0.3) is 0 Å². The van der Waals surface area contributed by atoms with Crippen LogP contribution in [0.4, 0.5) is 15.4 Å². The van der Waals surface area contributed by atoms with Gasteiger partial charge < -0.3 is 51.5 Å². The number of carbonyl (C=O) groups is 2. The number of anilines is 3. The van der Waals surface area contributed by atoms with Crippen molar-refractivity contribution in [1.82, 2.24) is 25.6 Å². The smallest absolute Gasteiger partial charge is 0.306 e. The van der Waals surface area contributed by atoms with Crippen molar-refractivity contribution >= 4 is 61.3 Å². The third-order valence-electron chi connectivity index (χ3n) is 21.3. The molecule has 3 aliphatic carbocycles. The molecule has 18 heteroatoms. The summed E-state index contributed by atoms with van der Waals surface area (Å²) >= 11 is 5.13. The second kappa shape index (κ2) is 30.4. The minimum atomic E-state index is -0.668. The molecule has 0 bridgehead atoms. The molecule has 3 aliphatic heterocycles. The monoisotopic (exact) mass is 1330 g/mol. The fourth-order valence-electron chi connectivity index (χ4n) is 14.6. The number of fused-ring (bicyclic) bond motifs is 3. The summed E-state index contributed by atoms with van der Waals surface area (Å²) in [5.41, 5.74) is 21.8. The number of aliphatic hydroxyl groups is 3. The Morgan fingerprint density at radius 3 is 1.10 bits per heavy atom. The number of carboxylic acid groups (broad SMARTS) is 1. The highest BCUT2D eigenvalue weighted by Crippen LogP contribution is 2.50. The van der Waals surface area contributed by atoms with Crippen molar-refractivity contribution in [3.05, 3.63) is 104 Å². The van der Waals surface area contributed by atoms with Gasteiger partial charge in [-0.15, -0.1) is 34.0 Å². The molecule has 6 heterocycles. The molecule has 3 aromatic carbocycles. The van der Waals surface area contributed by atoms with Crippen LogP contribution in [-0.2, 0) is 42.1 Å². The zero-order chi connectivity index (χ0) is 67.1. The number of nitrogens with zero attached hydrogens (tertiary/aromatic N) is 6. The van der Waals surface area contributed by atoms with Gasteiger partial charge in [0.15, 0.2) is 15.4 Å². The van der Waals surface area contributed by atoms with Crippen LogP contribution < -0.4 is 31.1 Å². The van der Waals surface area contributed by atoms with Gasteiger partial charge in [-0.1, -0.05) is 119 Å². The number of aromatic nitrogens is 3. The van der Waals surface area contributed by atoms with Gasteiger partial charge in [0.2, 0.25) is 5.91 Å². The van der Waals surface area contributed by atoms with Gasteiger partial charge in [0.05, 0.1) is 42.8 Å². The number of carboxylic acids is 1. The van der Waals surface area contributed by atoms with Gasteiger partial charge in [-0.25, -0.2) is 15.0 Å². The molecule has 0 radical (unpaired) electrons. The van der Waals surface area contributed by atoms with Crippen molar-refractivity contribution in [1.29, 1.82) is 0 Å². The van der Waals surface area contributed by atoms with Crippen LogP contribution in [0.3, 0.4) is 0 Å². The molecule has 12 rings (SSSR count). The SMILES string of the molecule is CC1(C)CCC(C)(C)c2cc(-c3csc(N4CCC(C(=O)NCCO)CC4)n3)ccc21.CC1(C)CCC(C)(C)c2cc(-c3csc(N4CCC(C(=O)O)CC4)n3)ccc21.CC1(C)CCC(C)(C)c2cc(-c3csc(N4CCC(CNCCO)CC4)n3)ccc21.NCCO. The first kappa shape index (κ1) is 72.0. The molecule has 93 heavy (non-hydrogen) atoms. The van der Waals surface area contributed by atoms with E-state index in [1.54, 1.807) is 34.0 Å². The number of nitrogens with two attached hydrogens (primary N) is 1. The Labute approximate surface area is 567 Å². The van der Waals surface area contributed by atoms with Crippen molar-refractivity contribution in [2.24, 2.45) is 23.5 Å². The Bertz CT molecular complexity index is 3450. The summed E-state index contributed by atoms with van der Waals surface area (Å²) in [5.74, 6) is -0.0685. The van der Waals surface area contributed by atoms with Crippen LogP contribution in [0, 0.1) is 17.8 Å². The highest BCUT2D eigenvalue weighted by atomic mass is 32.1. The van der Waals surface area contributed by atoms with Gasteiger partial charge in [-0.3, -0.25) is 9.59 Å². The highest BCUT2D eigenvalue weighted by Gasteiger charge is 2.40. The second-order valence-corrected chi connectivity index (χ2v) is 33.4. The molecule has 3 fully saturated rings. The highest BCUT2D eigenvalue weighted by molar-refractivity contribution is 7.14. The molecule has 0 unspecified atom stereocenters. The van der Waals surface area contributed by atoms with E-state index in [1.807, 2.05) is 0 Å². The Balaban J connectivity index is 0.000000160. The second-order valence-electron chi connectivity index (χ2n) is 30.9. The van der Waals surface area contributed by atoms with E-state index in [2.05, 4.69) is 179 Å². The maximum absolute atomic E-state index is 12.2. The van der Waals surface area contributed by atoms with E-state index in [1.165, 1.54) is 101 Å². The van der Waals surface area contributed by atoms with Gasteiger partial charge in [0, 0.05) is 97.7 Å². The van der Waals surface area contributed by atoms with Crippen LogP contribution in [0.5, 0.6) is 0 Å². The van der Waals surface area contributed by atoms with Crippen LogP contribution in [0.2, 0.25) is 0 Å². The predicted octanol–water partition coefficient (Wildman–Crippen LogP) is 13.8. The zero-order valence-electron chi connectivity index (χ0n) is 57.9. The van der Waals surface area contributed by atoms with Crippen LogP contribution in [-0.4, -0.2) is 133 Å². The van der Waals surface area contributed by atoms with Gasteiger partial charge in [-0.05, 0) is 174 Å². The molecular weight excluding hydrogens is 1220 g/mol. The number of rotatable bonds is 15. The van der Waals surface area contributed by atoms with E-state index >= 15 is 0 Å². The molecule has 6 aromatic rings. The lowest BCUT2D eigenvalue weighted by atomic mass is 9.63. The summed E-state index contributed by atoms with van der Waals surface area (Å²) in [7, 11) is 0. The van der Waals surface area contributed by atoms with Crippen LogP contribution in [0.1, 0.15) is 194 Å². The average Bonchev–Trinajstić information content (AvgIpc) is 1.52. The van der Waals surface area contributed by atoms with Crippen LogP contribution in [0.15, 0.2) is 70.7 Å². The van der Waals surface area contributed by atoms with Crippen molar-refractivity contribution < 1.29 is 30.0 Å². The minimum Gasteiger partial charge on any atom is -0.481 e. The fraction of sp³-hybridized carbons (Fsp3) is 0.613. The third kappa shape index (κ3) is 17.3. The third-order valence-corrected chi connectivity index (χ3v) is 24.0. The van der Waals surface area contributed by atoms with E-state index in [4.69, 9.17) is 36.0 Å². The lowest BCUT2D eigenvalue weighted by molar-refractivity contribution is -0.142. The molecule has 3 saturated heterocycles. The molecule has 15 nitrogen and oxygen atoms in total. The molecule has 3 aromatic heterocycles. The number of nitrogens with one attached hydrogen (secondary N) is 2. The van der Waals surface area contributed by atoms with Gasteiger partial charge in [-0.2, -0.15) is 0 Å². The standard InChI is InChI=1S/C25H35N3O2S.C25H37N3OS.C23H30N2O2S.C2H7NO/c1-24(2)9-10-25(3,4)20-15-18(5-6-19(20)24)21-16-31-23(27-21)28-12-7-17(8-13-28)22(30)26-11-14-29;1-24(2)9-10-25(3,4)21-15-19(5-6-20(21)24)22-17-30-23(27-22)28-12-7-18(8-13-28)16-26-11-14-29;1-22(2)9-10-23(3,4)18-13-16(5-6-17(18)22)19-14-28-21(24-19)25-11-7-15(8-12-25)20(26)27;3-1-2-4/h5-6,15-17,29H,7-14H2,1-4H3,(H,26,30);5-6,15,17-18,26,29H,7-14,16H2,1-4H3;5-6,13-15H,7-12H2,1-4H3,(H,26,27);4H,1-3H2. The maximum atomic E-state index is 12.2. The van der Waals surface area contributed by atoms with Crippen LogP contribution in [0.25, 0.3) is 33.8 Å². The predicted molar refractivity (Wildman–Crippen MR) is 387 cm³/mol. The quantitative estimate of drug-likeness (QED) is 0.0477. The fourth-order valence-corrected chi connectivity index (χ4v) is 17.2. The summed E-state index contributed by atoms with van der Waals surface area (Å²) in [4.78, 5) is 45.2. The molecule has 508 valence electrons. The summed E-state index contributed by atoms with van der Waals surface area (Å²) < 4.78 is 0. The van der Waals surface area contributed by atoms with Gasteiger partial charge in [0.1, 0.15) is 0 Å². The number of thiazole rings is 3. The number of piperidine rings is 3. The molecular formula is C75H109N9O6S3. The number of hydrogen-bond donors (Lipinski definition) is 7. The lowest BCUT2D eigenvalue weighted by Gasteiger charge is -2.42. The summed E-state index contributed by atoms with van der Waals surface area (Å²) in [5, 5.41) is 50.6. The Kier molecular flexibility index (Phi) is 23.5. The van der Waals surface area contributed by atoms with Crippen molar-refractivity contribution in [2.45, 2.75) is 193 Å². The minimum absolute atomic E-state index is 0.0101. The number of hydrogen-bond acceptors (Lipinski definition) is 16. The summed E-state index contributed by atoms with van der Waals surface area (Å²) in [6.07, 6.45) is 12.8.